The maximum Gasteiger partial charge on any atom is 0.244 e. The zero-order valence-electron chi connectivity index (χ0n) is 14.9. The number of nitrogens with one attached hydrogen (secondary N) is 1. The SMILES string of the molecule is O=C(CN(Cc1ccco1)C(=O)Cc1ccc(Cl)cc1Cl)Nc1ccccc1. The first-order chi connectivity index (χ1) is 13.5. The predicted molar refractivity (Wildman–Crippen MR) is 109 cm³/mol. The standard InChI is InChI=1S/C21H18Cl2N2O3/c22-16-9-8-15(19(23)12-16)11-21(27)25(13-18-7-4-10-28-18)14-20(26)24-17-5-2-1-3-6-17/h1-10,12H,11,13-14H2,(H,24,26). The van der Waals surface area contributed by atoms with Crippen molar-refractivity contribution in [2.75, 3.05) is 11.9 Å². The Morgan fingerprint density at radius 1 is 1.00 bits per heavy atom. The van der Waals surface area contributed by atoms with Gasteiger partial charge in [-0.1, -0.05) is 47.5 Å². The average Bonchev–Trinajstić information content (AvgIpc) is 3.17. The summed E-state index contributed by atoms with van der Waals surface area (Å²) in [6.07, 6.45) is 1.58. The summed E-state index contributed by atoms with van der Waals surface area (Å²) in [5, 5.41) is 3.69. The van der Waals surface area contributed by atoms with Crippen LogP contribution < -0.4 is 5.32 Å². The molecule has 28 heavy (non-hydrogen) atoms. The Morgan fingerprint density at radius 2 is 1.79 bits per heavy atom. The van der Waals surface area contributed by atoms with Crippen molar-refractivity contribution in [1.82, 2.24) is 4.90 Å². The molecule has 0 aliphatic rings. The van der Waals surface area contributed by atoms with Crippen LogP contribution >= 0.6 is 23.2 Å². The number of hydrogen-bond donors (Lipinski definition) is 1. The van der Waals surface area contributed by atoms with E-state index in [0.29, 0.717) is 27.1 Å². The second-order valence-corrected chi connectivity index (χ2v) is 7.00. The van der Waals surface area contributed by atoms with Crippen LogP contribution in [-0.4, -0.2) is 23.3 Å². The van der Waals surface area contributed by atoms with E-state index < -0.39 is 0 Å². The van der Waals surface area contributed by atoms with E-state index in [9.17, 15) is 9.59 Å². The lowest BCUT2D eigenvalue weighted by Gasteiger charge is -2.21. The molecule has 3 rings (SSSR count). The van der Waals surface area contributed by atoms with Crippen LogP contribution in [-0.2, 0) is 22.6 Å². The fraction of sp³-hybridized carbons (Fsp3) is 0.143. The molecule has 0 unspecified atom stereocenters. The first-order valence-corrected chi connectivity index (χ1v) is 9.36. The maximum atomic E-state index is 12.9. The summed E-state index contributed by atoms with van der Waals surface area (Å²) >= 11 is 12.1. The number of carbonyl (C=O) groups excluding carboxylic acids is 2. The predicted octanol–water partition coefficient (Wildman–Crippen LogP) is 4.80. The minimum Gasteiger partial charge on any atom is -0.467 e. The van der Waals surface area contributed by atoms with Gasteiger partial charge in [-0.25, -0.2) is 0 Å². The molecule has 2 aromatic carbocycles. The molecule has 0 atom stereocenters. The highest BCUT2D eigenvalue weighted by atomic mass is 35.5. The fourth-order valence-corrected chi connectivity index (χ4v) is 3.13. The molecule has 0 aliphatic heterocycles. The van der Waals surface area contributed by atoms with Crippen LogP contribution in [0.2, 0.25) is 10.0 Å². The molecule has 7 heteroatoms. The molecule has 1 aromatic heterocycles. The number of amides is 2. The van der Waals surface area contributed by atoms with Gasteiger partial charge in [0, 0.05) is 15.7 Å². The molecule has 3 aromatic rings. The lowest BCUT2D eigenvalue weighted by atomic mass is 10.1. The largest absolute Gasteiger partial charge is 0.467 e. The zero-order chi connectivity index (χ0) is 19.9. The number of rotatable bonds is 7. The Balaban J connectivity index is 1.72. The van der Waals surface area contributed by atoms with Crippen molar-refractivity contribution >= 4 is 40.7 Å². The number of carbonyl (C=O) groups is 2. The van der Waals surface area contributed by atoms with Gasteiger partial charge in [-0.2, -0.15) is 0 Å². The Bertz CT molecular complexity index is 944. The molecule has 0 fully saturated rings. The van der Waals surface area contributed by atoms with Gasteiger partial charge in [0.1, 0.15) is 12.3 Å². The van der Waals surface area contributed by atoms with E-state index in [-0.39, 0.29) is 31.3 Å². The number of para-hydroxylation sites is 1. The minimum absolute atomic E-state index is 0.0509. The molecule has 0 radical (unpaired) electrons. The Labute approximate surface area is 172 Å². The van der Waals surface area contributed by atoms with Gasteiger partial charge in [-0.3, -0.25) is 9.59 Å². The van der Waals surface area contributed by atoms with Crippen molar-refractivity contribution in [1.29, 1.82) is 0 Å². The van der Waals surface area contributed by atoms with Crippen molar-refractivity contribution in [3.8, 4) is 0 Å². The van der Waals surface area contributed by atoms with Gasteiger partial charge in [0.25, 0.3) is 0 Å². The smallest absolute Gasteiger partial charge is 0.244 e. The lowest BCUT2D eigenvalue weighted by molar-refractivity contribution is -0.134. The third-order valence-electron chi connectivity index (χ3n) is 4.03. The molecular formula is C21H18Cl2N2O3. The van der Waals surface area contributed by atoms with Gasteiger partial charge in [0.2, 0.25) is 11.8 Å². The van der Waals surface area contributed by atoms with Crippen molar-refractivity contribution in [2.45, 2.75) is 13.0 Å². The van der Waals surface area contributed by atoms with Crippen molar-refractivity contribution < 1.29 is 14.0 Å². The maximum absolute atomic E-state index is 12.9. The van der Waals surface area contributed by atoms with Crippen molar-refractivity contribution in [2.24, 2.45) is 0 Å². The average molecular weight is 417 g/mol. The summed E-state index contributed by atoms with van der Waals surface area (Å²) < 4.78 is 5.33. The molecular weight excluding hydrogens is 399 g/mol. The number of nitrogens with zero attached hydrogens (tertiary/aromatic N) is 1. The van der Waals surface area contributed by atoms with Crippen LogP contribution in [0, 0.1) is 0 Å². The third-order valence-corrected chi connectivity index (χ3v) is 4.62. The summed E-state index contributed by atoms with van der Waals surface area (Å²) in [4.78, 5) is 26.7. The Kier molecular flexibility index (Phi) is 6.74. The molecule has 0 spiro atoms. The van der Waals surface area contributed by atoms with Crippen LogP contribution in [0.25, 0.3) is 0 Å². The third kappa shape index (κ3) is 5.62. The molecule has 1 N–H and O–H groups in total. The molecule has 0 bridgehead atoms. The van der Waals surface area contributed by atoms with Gasteiger partial charge in [0.15, 0.2) is 0 Å². The Hall–Kier alpha value is -2.76. The molecule has 1 heterocycles. The first-order valence-electron chi connectivity index (χ1n) is 8.60. The summed E-state index contributed by atoms with van der Waals surface area (Å²) in [5.74, 6) is 0.0419. The number of anilines is 1. The highest BCUT2D eigenvalue weighted by Crippen LogP contribution is 2.22. The van der Waals surface area contributed by atoms with Gasteiger partial charge in [0.05, 0.1) is 19.2 Å². The lowest BCUT2D eigenvalue weighted by Crippen LogP contribution is -2.38. The fourth-order valence-electron chi connectivity index (χ4n) is 2.66. The highest BCUT2D eigenvalue weighted by molar-refractivity contribution is 6.35. The molecule has 0 saturated carbocycles. The van der Waals surface area contributed by atoms with E-state index in [1.807, 2.05) is 18.2 Å². The van der Waals surface area contributed by atoms with Gasteiger partial charge in [-0.15, -0.1) is 0 Å². The number of benzene rings is 2. The number of hydrogen-bond acceptors (Lipinski definition) is 3. The summed E-state index contributed by atoms with van der Waals surface area (Å²) in [7, 11) is 0. The second-order valence-electron chi connectivity index (χ2n) is 6.16. The molecule has 5 nitrogen and oxygen atoms in total. The van der Waals surface area contributed by atoms with Crippen molar-refractivity contribution in [3.63, 3.8) is 0 Å². The zero-order valence-corrected chi connectivity index (χ0v) is 16.4. The van der Waals surface area contributed by atoms with E-state index in [2.05, 4.69) is 5.32 Å². The molecule has 2 amide bonds. The second kappa shape index (κ2) is 9.44. The molecule has 0 aliphatic carbocycles. The van der Waals surface area contributed by atoms with E-state index in [1.165, 1.54) is 11.2 Å². The number of halogens is 2. The van der Waals surface area contributed by atoms with Crippen LogP contribution in [0.15, 0.2) is 71.3 Å². The van der Waals surface area contributed by atoms with Crippen LogP contribution in [0.3, 0.4) is 0 Å². The van der Waals surface area contributed by atoms with E-state index in [0.717, 1.165) is 0 Å². The van der Waals surface area contributed by atoms with Gasteiger partial charge in [-0.05, 0) is 42.0 Å². The van der Waals surface area contributed by atoms with E-state index >= 15 is 0 Å². The summed E-state index contributed by atoms with van der Waals surface area (Å²) in [6, 6.07) is 17.5. The van der Waals surface area contributed by atoms with Crippen molar-refractivity contribution in [3.05, 3.63) is 88.3 Å². The van der Waals surface area contributed by atoms with Crippen LogP contribution in [0.4, 0.5) is 5.69 Å². The molecule has 0 saturated heterocycles. The summed E-state index contributed by atoms with van der Waals surface area (Å²) in [5.41, 5.74) is 1.31. The van der Waals surface area contributed by atoms with Crippen LogP contribution in [0.1, 0.15) is 11.3 Å². The first kappa shape index (κ1) is 20.0. The quantitative estimate of drug-likeness (QED) is 0.601. The van der Waals surface area contributed by atoms with Crippen LogP contribution in [0.5, 0.6) is 0 Å². The molecule has 144 valence electrons. The monoisotopic (exact) mass is 416 g/mol. The normalized spacial score (nSPS) is 10.5. The van der Waals surface area contributed by atoms with E-state index in [1.54, 1.807) is 42.5 Å². The minimum atomic E-state index is -0.298. The van der Waals surface area contributed by atoms with Gasteiger partial charge < -0.3 is 14.6 Å². The highest BCUT2D eigenvalue weighted by Gasteiger charge is 2.20. The van der Waals surface area contributed by atoms with E-state index in [4.69, 9.17) is 27.6 Å². The topological polar surface area (TPSA) is 62.6 Å². The number of furan rings is 1. The van der Waals surface area contributed by atoms with Gasteiger partial charge >= 0.3 is 0 Å². The Morgan fingerprint density at radius 3 is 2.46 bits per heavy atom. The summed E-state index contributed by atoms with van der Waals surface area (Å²) in [6.45, 7) is 0.0683.